The molecule has 6 unspecified atom stereocenters. The standard InChI is InChI=1S/C11H16O3.C10H14O3/c1-7(11(12)13)2-3-8-4-5-9-10(6-8)14-9;1-6(10(11)12)4-7-2-3-8-9(5-7)13-8/h2,8-10H,3-6H2,1H3,(H,12,13);7-9H,1-5H2,(H,11,12). The Morgan fingerprint density at radius 1 is 0.926 bits per heavy atom. The minimum absolute atomic E-state index is 0.337. The Balaban J connectivity index is 0.000000156. The molecule has 2 aliphatic carbocycles. The first-order valence-corrected chi connectivity index (χ1v) is 9.95. The molecule has 6 nitrogen and oxygen atoms in total. The van der Waals surface area contributed by atoms with Crippen LogP contribution in [0.4, 0.5) is 0 Å². The van der Waals surface area contributed by atoms with Gasteiger partial charge in [0.25, 0.3) is 0 Å². The first-order valence-electron chi connectivity index (χ1n) is 9.95. The van der Waals surface area contributed by atoms with E-state index in [-0.39, 0.29) is 0 Å². The van der Waals surface area contributed by atoms with Crippen LogP contribution in [0.25, 0.3) is 0 Å². The van der Waals surface area contributed by atoms with Gasteiger partial charge in [0.2, 0.25) is 0 Å². The maximum absolute atomic E-state index is 10.6. The summed E-state index contributed by atoms with van der Waals surface area (Å²) in [6, 6.07) is 0. The molecule has 0 bridgehead atoms. The molecular formula is C21H30O6. The van der Waals surface area contributed by atoms with Crippen LogP contribution >= 0.6 is 0 Å². The van der Waals surface area contributed by atoms with Crippen molar-refractivity contribution < 1.29 is 29.3 Å². The molecular weight excluding hydrogens is 348 g/mol. The average molecular weight is 378 g/mol. The lowest BCUT2D eigenvalue weighted by atomic mass is 9.85. The van der Waals surface area contributed by atoms with Gasteiger partial charge in [-0.1, -0.05) is 12.7 Å². The topological polar surface area (TPSA) is 99.7 Å². The largest absolute Gasteiger partial charge is 0.478 e. The predicted octanol–water partition coefficient (Wildman–Crippen LogP) is 3.56. The monoisotopic (exact) mass is 378 g/mol. The Kier molecular flexibility index (Phi) is 6.37. The highest BCUT2D eigenvalue weighted by molar-refractivity contribution is 5.86. The summed E-state index contributed by atoms with van der Waals surface area (Å²) in [4.78, 5) is 21.1. The quantitative estimate of drug-likeness (QED) is 0.541. The molecule has 2 N–H and O–H groups in total. The van der Waals surface area contributed by atoms with E-state index in [2.05, 4.69) is 6.58 Å². The van der Waals surface area contributed by atoms with E-state index in [1.165, 1.54) is 6.42 Å². The Hall–Kier alpha value is -1.66. The Morgan fingerprint density at radius 2 is 1.48 bits per heavy atom. The maximum atomic E-state index is 10.6. The van der Waals surface area contributed by atoms with E-state index in [1.54, 1.807) is 6.92 Å². The van der Waals surface area contributed by atoms with Gasteiger partial charge in [0.1, 0.15) is 0 Å². The minimum atomic E-state index is -0.862. The van der Waals surface area contributed by atoms with Crippen LogP contribution < -0.4 is 0 Å². The van der Waals surface area contributed by atoms with Gasteiger partial charge in [0, 0.05) is 11.1 Å². The summed E-state index contributed by atoms with van der Waals surface area (Å²) >= 11 is 0. The van der Waals surface area contributed by atoms with Gasteiger partial charge in [-0.15, -0.1) is 0 Å². The molecule has 4 fully saturated rings. The van der Waals surface area contributed by atoms with Gasteiger partial charge in [0.15, 0.2) is 0 Å². The van der Waals surface area contributed by atoms with Crippen molar-refractivity contribution in [3.63, 3.8) is 0 Å². The summed E-state index contributed by atoms with van der Waals surface area (Å²) < 4.78 is 10.8. The lowest BCUT2D eigenvalue weighted by Crippen LogP contribution is -2.15. The second kappa shape index (κ2) is 8.57. The minimum Gasteiger partial charge on any atom is -0.478 e. The fourth-order valence-electron chi connectivity index (χ4n) is 4.24. The molecule has 2 heterocycles. The Bertz CT molecular complexity index is 624. The number of hydrogen-bond donors (Lipinski definition) is 2. The number of epoxide rings is 2. The highest BCUT2D eigenvalue weighted by Gasteiger charge is 2.44. The molecule has 0 amide bonds. The fourth-order valence-corrected chi connectivity index (χ4v) is 4.24. The molecule has 0 radical (unpaired) electrons. The van der Waals surface area contributed by atoms with Crippen molar-refractivity contribution in [2.45, 2.75) is 82.7 Å². The third-order valence-electron chi connectivity index (χ3n) is 6.16. The summed E-state index contributed by atoms with van der Waals surface area (Å²) in [5.74, 6) is -0.555. The molecule has 0 aromatic rings. The molecule has 0 aromatic carbocycles. The van der Waals surface area contributed by atoms with Gasteiger partial charge in [-0.3, -0.25) is 0 Å². The van der Waals surface area contributed by atoms with Crippen molar-refractivity contribution in [3.8, 4) is 0 Å². The second-order valence-corrected chi connectivity index (χ2v) is 8.32. The van der Waals surface area contributed by atoms with E-state index >= 15 is 0 Å². The molecule has 6 heteroatoms. The highest BCUT2D eigenvalue weighted by atomic mass is 16.6. The van der Waals surface area contributed by atoms with Crippen LogP contribution in [-0.4, -0.2) is 46.6 Å². The predicted molar refractivity (Wildman–Crippen MR) is 99.4 cm³/mol. The van der Waals surface area contributed by atoms with Crippen molar-refractivity contribution >= 4 is 11.9 Å². The van der Waals surface area contributed by atoms with Crippen LogP contribution in [0.1, 0.15) is 58.3 Å². The van der Waals surface area contributed by atoms with Crippen LogP contribution in [0.2, 0.25) is 0 Å². The zero-order chi connectivity index (χ0) is 19.6. The van der Waals surface area contributed by atoms with Crippen molar-refractivity contribution in [2.24, 2.45) is 11.8 Å². The molecule has 150 valence electrons. The molecule has 2 saturated carbocycles. The summed E-state index contributed by atoms with van der Waals surface area (Å²) in [5, 5.41) is 17.3. The lowest BCUT2D eigenvalue weighted by molar-refractivity contribution is -0.133. The van der Waals surface area contributed by atoms with Gasteiger partial charge in [-0.2, -0.15) is 0 Å². The number of aliphatic carboxylic acids is 2. The number of allylic oxidation sites excluding steroid dienone is 1. The molecule has 4 rings (SSSR count). The van der Waals surface area contributed by atoms with Crippen molar-refractivity contribution in [1.82, 2.24) is 0 Å². The lowest BCUT2D eigenvalue weighted by Gasteiger charge is -2.18. The number of carboxylic acid groups (broad SMARTS) is 2. The number of carboxylic acids is 2. The summed E-state index contributed by atoms with van der Waals surface area (Å²) in [6.45, 7) is 5.20. The zero-order valence-electron chi connectivity index (χ0n) is 15.9. The molecule has 0 aromatic heterocycles. The normalized spacial score (nSPS) is 36.4. The molecule has 0 spiro atoms. The summed E-state index contributed by atoms with van der Waals surface area (Å²) in [7, 11) is 0. The average Bonchev–Trinajstić information content (AvgIpc) is 3.53. The molecule has 4 aliphatic rings. The number of hydrogen-bond acceptors (Lipinski definition) is 4. The van der Waals surface area contributed by atoms with Crippen LogP contribution in [0.3, 0.4) is 0 Å². The zero-order valence-corrected chi connectivity index (χ0v) is 15.9. The fraction of sp³-hybridized carbons (Fsp3) is 0.714. The Morgan fingerprint density at radius 3 is 2.00 bits per heavy atom. The smallest absolute Gasteiger partial charge is 0.330 e. The van der Waals surface area contributed by atoms with Crippen molar-refractivity contribution in [2.75, 3.05) is 0 Å². The number of ether oxygens (including phenoxy) is 2. The van der Waals surface area contributed by atoms with E-state index in [4.69, 9.17) is 19.7 Å². The van der Waals surface area contributed by atoms with Crippen LogP contribution in [0, 0.1) is 11.8 Å². The van der Waals surface area contributed by atoms with E-state index in [9.17, 15) is 9.59 Å². The van der Waals surface area contributed by atoms with Gasteiger partial charge >= 0.3 is 11.9 Å². The molecule has 2 saturated heterocycles. The summed E-state index contributed by atoms with van der Waals surface area (Å²) in [6.07, 6.45) is 12.0. The highest BCUT2D eigenvalue weighted by Crippen LogP contribution is 2.41. The molecule has 27 heavy (non-hydrogen) atoms. The number of fused-ring (bicyclic) bond motifs is 2. The van der Waals surface area contributed by atoms with Gasteiger partial charge in [-0.25, -0.2) is 9.59 Å². The van der Waals surface area contributed by atoms with Gasteiger partial charge in [-0.05, 0) is 70.1 Å². The van der Waals surface area contributed by atoms with Crippen LogP contribution in [-0.2, 0) is 19.1 Å². The SMILES string of the molecule is C=C(CC1CCC2OC2C1)C(=O)O.CC(=CCC1CCC2OC2C1)C(=O)O. The first-order chi connectivity index (χ1) is 12.8. The van der Waals surface area contributed by atoms with Crippen LogP contribution in [0.15, 0.2) is 23.8 Å². The third kappa shape index (κ3) is 5.91. The van der Waals surface area contributed by atoms with E-state index < -0.39 is 11.9 Å². The van der Waals surface area contributed by atoms with Crippen molar-refractivity contribution in [3.05, 3.63) is 23.8 Å². The Labute approximate surface area is 160 Å². The molecule has 6 atom stereocenters. The van der Waals surface area contributed by atoms with E-state index in [0.29, 0.717) is 53.8 Å². The van der Waals surface area contributed by atoms with Crippen LogP contribution in [0.5, 0.6) is 0 Å². The number of rotatable bonds is 6. The van der Waals surface area contributed by atoms with E-state index in [1.807, 2.05) is 6.08 Å². The van der Waals surface area contributed by atoms with Crippen molar-refractivity contribution in [1.29, 1.82) is 0 Å². The molecule has 2 aliphatic heterocycles. The third-order valence-corrected chi connectivity index (χ3v) is 6.16. The second-order valence-electron chi connectivity index (χ2n) is 8.32. The first kappa shape index (κ1) is 20.1. The van der Waals surface area contributed by atoms with E-state index in [0.717, 1.165) is 38.5 Å². The maximum Gasteiger partial charge on any atom is 0.330 e. The van der Waals surface area contributed by atoms with Gasteiger partial charge in [0.05, 0.1) is 24.4 Å². The van der Waals surface area contributed by atoms with Gasteiger partial charge < -0.3 is 19.7 Å². The number of carbonyl (C=O) groups is 2. The summed E-state index contributed by atoms with van der Waals surface area (Å²) in [5.41, 5.74) is 0.799.